The molecule has 164 valence electrons. The number of aromatic nitrogens is 2. The molecular weight excluding hydrogens is 437 g/mol. The van der Waals surface area contributed by atoms with Crippen LogP contribution in [0.5, 0.6) is 5.75 Å². The van der Waals surface area contributed by atoms with Crippen LogP contribution in [0.3, 0.4) is 0 Å². The zero-order valence-electron chi connectivity index (χ0n) is 16.0. The van der Waals surface area contributed by atoms with Crippen molar-refractivity contribution in [3.05, 3.63) is 71.5 Å². The molecule has 31 heavy (non-hydrogen) atoms. The number of methoxy groups -OCH3 is 1. The molecular formula is C19H17F3N4O4S. The molecule has 3 aromatic rings. The number of alkyl halides is 3. The Morgan fingerprint density at radius 1 is 1.13 bits per heavy atom. The number of ether oxygens (including phenoxy) is 1. The molecule has 3 rings (SSSR count). The van der Waals surface area contributed by atoms with Crippen molar-refractivity contribution in [2.75, 3.05) is 7.11 Å². The van der Waals surface area contributed by atoms with Crippen LogP contribution in [0.4, 0.5) is 13.2 Å². The van der Waals surface area contributed by atoms with Gasteiger partial charge in [-0.15, -0.1) is 0 Å². The lowest BCUT2D eigenvalue weighted by atomic mass is 9.90. The van der Waals surface area contributed by atoms with Gasteiger partial charge in [-0.1, -0.05) is 18.2 Å². The summed E-state index contributed by atoms with van der Waals surface area (Å²) in [6, 6.07) is 10.1. The number of hydrogen-bond donors (Lipinski definition) is 2. The van der Waals surface area contributed by atoms with Gasteiger partial charge >= 0.3 is 6.18 Å². The van der Waals surface area contributed by atoms with Gasteiger partial charge in [0, 0.05) is 6.20 Å². The SMILES string of the molecule is COc1ccc(C(C(N)=O)c2ccc(-n3cc(C(F)(F)F)cn3)c(S(N)(=O)=O)c2)cc1. The fourth-order valence-electron chi connectivity index (χ4n) is 3.05. The van der Waals surface area contributed by atoms with Gasteiger partial charge in [-0.3, -0.25) is 4.79 Å². The highest BCUT2D eigenvalue weighted by atomic mass is 32.2. The summed E-state index contributed by atoms with van der Waals surface area (Å²) in [4.78, 5) is 11.6. The quantitative estimate of drug-likeness (QED) is 0.590. The maximum Gasteiger partial charge on any atom is 0.419 e. The van der Waals surface area contributed by atoms with Crippen LogP contribution in [-0.4, -0.2) is 31.2 Å². The predicted octanol–water partition coefficient (Wildman–Crippen LogP) is 2.16. The molecule has 0 aliphatic rings. The molecule has 1 atom stereocenters. The number of nitrogens with zero attached hydrogens (tertiary/aromatic N) is 2. The molecule has 4 N–H and O–H groups in total. The molecule has 0 radical (unpaired) electrons. The van der Waals surface area contributed by atoms with E-state index >= 15 is 0 Å². The topological polar surface area (TPSA) is 130 Å². The first-order valence-electron chi connectivity index (χ1n) is 8.64. The molecule has 2 aromatic carbocycles. The molecule has 1 heterocycles. The molecule has 1 aromatic heterocycles. The lowest BCUT2D eigenvalue weighted by Crippen LogP contribution is -2.23. The van der Waals surface area contributed by atoms with Crippen molar-refractivity contribution in [1.29, 1.82) is 0 Å². The van der Waals surface area contributed by atoms with Crippen LogP contribution < -0.4 is 15.6 Å². The van der Waals surface area contributed by atoms with Gasteiger partial charge < -0.3 is 10.5 Å². The number of carbonyl (C=O) groups excluding carboxylic acids is 1. The summed E-state index contributed by atoms with van der Waals surface area (Å²) in [5.41, 5.74) is 4.91. The molecule has 8 nitrogen and oxygen atoms in total. The molecule has 1 unspecified atom stereocenters. The highest BCUT2D eigenvalue weighted by Crippen LogP contribution is 2.32. The lowest BCUT2D eigenvalue weighted by Gasteiger charge is -2.17. The average molecular weight is 454 g/mol. The summed E-state index contributed by atoms with van der Waals surface area (Å²) < 4.78 is 68.9. The Hall–Kier alpha value is -3.38. The van der Waals surface area contributed by atoms with Gasteiger partial charge in [-0.25, -0.2) is 18.2 Å². The molecule has 0 saturated heterocycles. The lowest BCUT2D eigenvalue weighted by molar-refractivity contribution is -0.137. The predicted molar refractivity (Wildman–Crippen MR) is 104 cm³/mol. The Kier molecular flexibility index (Phi) is 5.79. The molecule has 12 heteroatoms. The molecule has 0 saturated carbocycles. The van der Waals surface area contributed by atoms with Crippen molar-refractivity contribution < 1.29 is 31.1 Å². The van der Waals surface area contributed by atoms with Gasteiger partial charge in [-0.2, -0.15) is 18.3 Å². The number of hydrogen-bond acceptors (Lipinski definition) is 5. The number of primary amides is 1. The minimum Gasteiger partial charge on any atom is -0.497 e. The van der Waals surface area contributed by atoms with E-state index in [0.29, 0.717) is 23.7 Å². The van der Waals surface area contributed by atoms with Gasteiger partial charge in [-0.05, 0) is 35.4 Å². The first-order chi connectivity index (χ1) is 14.4. The van der Waals surface area contributed by atoms with E-state index in [1.165, 1.54) is 19.2 Å². The normalized spacial score (nSPS) is 13.1. The van der Waals surface area contributed by atoms with E-state index in [9.17, 15) is 26.4 Å². The van der Waals surface area contributed by atoms with E-state index < -0.39 is 38.5 Å². The number of amides is 1. The number of nitrogens with two attached hydrogens (primary N) is 2. The average Bonchev–Trinajstić information content (AvgIpc) is 3.18. The van der Waals surface area contributed by atoms with E-state index in [4.69, 9.17) is 15.6 Å². The molecule has 0 bridgehead atoms. The van der Waals surface area contributed by atoms with E-state index in [1.807, 2.05) is 0 Å². The summed E-state index contributed by atoms with van der Waals surface area (Å²) in [7, 11) is -2.93. The highest BCUT2D eigenvalue weighted by molar-refractivity contribution is 7.89. The first-order valence-corrected chi connectivity index (χ1v) is 10.2. The molecule has 0 aliphatic heterocycles. The van der Waals surface area contributed by atoms with Crippen LogP contribution in [0.2, 0.25) is 0 Å². The van der Waals surface area contributed by atoms with Crippen LogP contribution in [-0.2, 0) is 21.0 Å². The minimum absolute atomic E-state index is 0.189. The third-order valence-corrected chi connectivity index (χ3v) is 5.45. The monoisotopic (exact) mass is 454 g/mol. The van der Waals surface area contributed by atoms with Gasteiger partial charge in [0.2, 0.25) is 15.9 Å². The van der Waals surface area contributed by atoms with Crippen molar-refractivity contribution in [2.24, 2.45) is 10.9 Å². The van der Waals surface area contributed by atoms with E-state index in [-0.39, 0.29) is 11.3 Å². The molecule has 0 fully saturated rings. The van der Waals surface area contributed by atoms with Gasteiger partial charge in [0.1, 0.15) is 10.6 Å². The zero-order valence-corrected chi connectivity index (χ0v) is 16.8. The van der Waals surface area contributed by atoms with Crippen molar-refractivity contribution in [2.45, 2.75) is 17.0 Å². The Bertz CT molecular complexity index is 1220. The number of benzene rings is 2. The van der Waals surface area contributed by atoms with Crippen molar-refractivity contribution >= 4 is 15.9 Å². The van der Waals surface area contributed by atoms with Crippen molar-refractivity contribution in [1.82, 2.24) is 9.78 Å². The van der Waals surface area contributed by atoms with Crippen LogP contribution in [0.1, 0.15) is 22.6 Å². The summed E-state index contributed by atoms with van der Waals surface area (Å²) in [5, 5.41) is 8.87. The number of sulfonamides is 1. The Morgan fingerprint density at radius 2 is 1.74 bits per heavy atom. The number of primary sulfonamides is 1. The summed E-state index contributed by atoms with van der Waals surface area (Å²) in [6.45, 7) is 0. The van der Waals surface area contributed by atoms with E-state index in [2.05, 4.69) is 5.10 Å². The Morgan fingerprint density at radius 3 is 2.23 bits per heavy atom. The second-order valence-electron chi connectivity index (χ2n) is 6.55. The van der Waals surface area contributed by atoms with E-state index in [0.717, 1.165) is 10.7 Å². The molecule has 0 aliphatic carbocycles. The Labute approximate surface area is 175 Å². The number of rotatable bonds is 6. The van der Waals surface area contributed by atoms with Crippen LogP contribution >= 0.6 is 0 Å². The van der Waals surface area contributed by atoms with Crippen molar-refractivity contribution in [3.8, 4) is 11.4 Å². The van der Waals surface area contributed by atoms with E-state index in [1.54, 1.807) is 24.3 Å². The third-order valence-electron chi connectivity index (χ3n) is 4.51. The fourth-order valence-corrected chi connectivity index (χ4v) is 3.80. The van der Waals surface area contributed by atoms with Crippen LogP contribution in [0, 0.1) is 0 Å². The maximum absolute atomic E-state index is 12.9. The second-order valence-corrected chi connectivity index (χ2v) is 8.08. The minimum atomic E-state index is -4.66. The maximum atomic E-state index is 12.9. The zero-order chi connectivity index (χ0) is 23.0. The largest absolute Gasteiger partial charge is 0.497 e. The van der Waals surface area contributed by atoms with Crippen molar-refractivity contribution in [3.63, 3.8) is 0 Å². The second kappa shape index (κ2) is 8.04. The standard InChI is InChI=1S/C19H17F3N4O4S/c1-30-14-5-2-11(3-6-14)17(18(23)27)12-4-7-15(16(8-12)31(24,28)29)26-10-13(9-25-26)19(20,21)22/h2-10,17H,1H3,(H2,23,27)(H2,24,28,29). The van der Waals surface area contributed by atoms with Crippen LogP contribution in [0.15, 0.2) is 59.8 Å². The number of carbonyl (C=O) groups is 1. The Balaban J connectivity index is 2.14. The van der Waals surface area contributed by atoms with Gasteiger partial charge in [0.05, 0.1) is 30.5 Å². The number of halogens is 3. The summed E-state index contributed by atoms with van der Waals surface area (Å²) >= 11 is 0. The van der Waals surface area contributed by atoms with Gasteiger partial charge in [0.15, 0.2) is 0 Å². The smallest absolute Gasteiger partial charge is 0.419 e. The summed E-state index contributed by atoms with van der Waals surface area (Å²) in [5.74, 6) is -1.27. The molecule has 0 spiro atoms. The fraction of sp³-hybridized carbons (Fsp3) is 0.158. The third kappa shape index (κ3) is 4.70. The first kappa shape index (κ1) is 22.3. The van der Waals surface area contributed by atoms with Crippen LogP contribution in [0.25, 0.3) is 5.69 Å². The summed E-state index contributed by atoms with van der Waals surface area (Å²) in [6.07, 6.45) is -3.46. The molecule has 1 amide bonds. The van der Waals surface area contributed by atoms with Gasteiger partial charge in [0.25, 0.3) is 0 Å². The highest BCUT2D eigenvalue weighted by Gasteiger charge is 2.33.